The van der Waals surface area contributed by atoms with E-state index < -0.39 is 0 Å². The second-order valence-corrected chi connectivity index (χ2v) is 5.54. The molecule has 2 rings (SSSR count). The van der Waals surface area contributed by atoms with Crippen LogP contribution in [0.1, 0.15) is 39.0 Å². The first-order chi connectivity index (χ1) is 9.26. The van der Waals surface area contributed by atoms with E-state index in [1.807, 2.05) is 0 Å². The molecule has 2 aliphatic carbocycles. The number of aliphatic hydroxyl groups excluding tert-OH is 1. The van der Waals surface area contributed by atoms with Crippen molar-refractivity contribution >= 4 is 5.96 Å². The van der Waals surface area contributed by atoms with Crippen LogP contribution in [-0.2, 0) is 4.74 Å². The summed E-state index contributed by atoms with van der Waals surface area (Å²) in [4.78, 5) is 4.22. The third kappa shape index (κ3) is 2.87. The van der Waals surface area contributed by atoms with Gasteiger partial charge in [0.25, 0.3) is 0 Å². The third-order valence-corrected chi connectivity index (χ3v) is 4.63. The number of hydrogen-bond donors (Lipinski definition) is 3. The Bertz CT molecular complexity index is 314. The lowest BCUT2D eigenvalue weighted by atomic mass is 9.60. The van der Waals surface area contributed by atoms with E-state index in [0.717, 1.165) is 19.0 Å². The fourth-order valence-electron chi connectivity index (χ4n) is 3.62. The van der Waals surface area contributed by atoms with Gasteiger partial charge in [0.15, 0.2) is 5.96 Å². The van der Waals surface area contributed by atoms with E-state index in [1.54, 1.807) is 7.05 Å². The number of aliphatic imine (C=N–C) groups is 1. The van der Waals surface area contributed by atoms with Crippen LogP contribution in [-0.4, -0.2) is 50.0 Å². The van der Waals surface area contributed by atoms with Crippen LogP contribution < -0.4 is 10.6 Å². The molecule has 2 saturated carbocycles. The fourth-order valence-corrected chi connectivity index (χ4v) is 3.62. The molecule has 0 bridgehead atoms. The average molecular weight is 269 g/mol. The van der Waals surface area contributed by atoms with Crippen molar-refractivity contribution in [3.8, 4) is 0 Å². The van der Waals surface area contributed by atoms with Gasteiger partial charge >= 0.3 is 0 Å². The van der Waals surface area contributed by atoms with Crippen LogP contribution >= 0.6 is 0 Å². The Morgan fingerprint density at radius 1 is 1.42 bits per heavy atom. The molecule has 3 N–H and O–H groups in total. The van der Waals surface area contributed by atoms with Gasteiger partial charge in [-0.05, 0) is 26.2 Å². The molecule has 0 aromatic heterocycles. The van der Waals surface area contributed by atoms with Crippen LogP contribution in [0.3, 0.4) is 0 Å². The van der Waals surface area contributed by atoms with Gasteiger partial charge in [-0.15, -0.1) is 0 Å². The van der Waals surface area contributed by atoms with Gasteiger partial charge < -0.3 is 20.5 Å². The van der Waals surface area contributed by atoms with Gasteiger partial charge in [0, 0.05) is 31.7 Å². The highest BCUT2D eigenvalue weighted by Crippen LogP contribution is 2.54. The lowest BCUT2D eigenvalue weighted by molar-refractivity contribution is -0.125. The maximum atomic E-state index is 8.87. The largest absolute Gasteiger partial charge is 0.395 e. The zero-order valence-electron chi connectivity index (χ0n) is 12.1. The summed E-state index contributed by atoms with van der Waals surface area (Å²) in [5.74, 6) is 0.792. The number of hydrogen-bond acceptors (Lipinski definition) is 3. The fraction of sp³-hybridized carbons (Fsp3) is 0.929. The van der Waals surface area contributed by atoms with Crippen molar-refractivity contribution in [3.63, 3.8) is 0 Å². The molecule has 5 nitrogen and oxygen atoms in total. The first-order valence-corrected chi connectivity index (χ1v) is 7.46. The molecule has 0 amide bonds. The van der Waals surface area contributed by atoms with Gasteiger partial charge in [0.2, 0.25) is 0 Å². The van der Waals surface area contributed by atoms with Crippen molar-refractivity contribution in [2.75, 3.05) is 26.8 Å². The van der Waals surface area contributed by atoms with E-state index in [0.29, 0.717) is 24.1 Å². The summed E-state index contributed by atoms with van der Waals surface area (Å²) < 4.78 is 5.90. The molecule has 2 fully saturated rings. The van der Waals surface area contributed by atoms with Crippen molar-refractivity contribution in [2.24, 2.45) is 10.4 Å². The second-order valence-electron chi connectivity index (χ2n) is 5.54. The summed E-state index contributed by atoms with van der Waals surface area (Å²) in [6, 6.07) is 0.455. The molecule has 2 atom stereocenters. The quantitative estimate of drug-likeness (QED) is 0.512. The molecule has 0 aromatic carbocycles. The zero-order chi connectivity index (χ0) is 13.7. The molecule has 1 spiro atoms. The Hall–Kier alpha value is -0.810. The number of rotatable bonds is 5. The minimum absolute atomic E-state index is 0.123. The van der Waals surface area contributed by atoms with Gasteiger partial charge in [-0.3, -0.25) is 4.99 Å². The molecule has 2 unspecified atom stereocenters. The number of ether oxygens (including phenoxy) is 1. The summed E-state index contributed by atoms with van der Waals surface area (Å²) in [7, 11) is 1.77. The van der Waals surface area contributed by atoms with Crippen LogP contribution in [0.15, 0.2) is 4.99 Å². The second kappa shape index (κ2) is 6.57. The molecule has 0 saturated heterocycles. The Morgan fingerprint density at radius 2 is 2.16 bits per heavy atom. The van der Waals surface area contributed by atoms with Gasteiger partial charge in [-0.2, -0.15) is 0 Å². The van der Waals surface area contributed by atoms with E-state index in [9.17, 15) is 0 Å². The van der Waals surface area contributed by atoms with Crippen molar-refractivity contribution < 1.29 is 9.84 Å². The number of aliphatic hydroxyl groups is 1. The van der Waals surface area contributed by atoms with Crippen LogP contribution in [0, 0.1) is 5.41 Å². The van der Waals surface area contributed by atoms with Crippen molar-refractivity contribution in [2.45, 2.75) is 51.2 Å². The van der Waals surface area contributed by atoms with E-state index in [-0.39, 0.29) is 6.61 Å². The average Bonchev–Trinajstić information content (AvgIpc) is 2.93. The standard InChI is InChI=1S/C14H27N3O2/c1-3-19-12-10-11(14(12)6-4-5-7-14)17-13(15-2)16-8-9-18/h11-12,18H,3-10H2,1-2H3,(H2,15,16,17). The number of nitrogens with one attached hydrogen (secondary N) is 2. The Balaban J connectivity index is 1.93. The summed E-state index contributed by atoms with van der Waals surface area (Å²) in [5, 5.41) is 15.5. The third-order valence-electron chi connectivity index (χ3n) is 4.63. The Kier molecular flexibility index (Phi) is 5.05. The topological polar surface area (TPSA) is 65.9 Å². The highest BCUT2D eigenvalue weighted by molar-refractivity contribution is 5.80. The van der Waals surface area contributed by atoms with E-state index in [4.69, 9.17) is 9.84 Å². The van der Waals surface area contributed by atoms with E-state index in [2.05, 4.69) is 22.5 Å². The Labute approximate surface area is 115 Å². The van der Waals surface area contributed by atoms with Crippen molar-refractivity contribution in [1.29, 1.82) is 0 Å². The number of nitrogens with zero attached hydrogens (tertiary/aromatic N) is 1. The van der Waals surface area contributed by atoms with Crippen LogP contribution in [0.4, 0.5) is 0 Å². The highest BCUT2D eigenvalue weighted by atomic mass is 16.5. The predicted octanol–water partition coefficient (Wildman–Crippen LogP) is 0.881. The summed E-state index contributed by atoms with van der Waals surface area (Å²) in [5.41, 5.74) is 0.312. The monoisotopic (exact) mass is 269 g/mol. The molecular formula is C14H27N3O2. The molecule has 2 aliphatic rings. The lowest BCUT2D eigenvalue weighted by Gasteiger charge is -2.54. The highest BCUT2D eigenvalue weighted by Gasteiger charge is 2.56. The van der Waals surface area contributed by atoms with Crippen LogP contribution in [0.2, 0.25) is 0 Å². The molecule has 0 heterocycles. The van der Waals surface area contributed by atoms with Crippen molar-refractivity contribution in [1.82, 2.24) is 10.6 Å². The van der Waals surface area contributed by atoms with Gasteiger partial charge in [0.05, 0.1) is 12.7 Å². The van der Waals surface area contributed by atoms with E-state index >= 15 is 0 Å². The number of guanidine groups is 1. The van der Waals surface area contributed by atoms with Crippen LogP contribution in [0.25, 0.3) is 0 Å². The summed E-state index contributed by atoms with van der Waals surface area (Å²) in [6.45, 7) is 3.54. The van der Waals surface area contributed by atoms with Gasteiger partial charge in [-0.25, -0.2) is 0 Å². The SMILES string of the molecule is CCOC1CC(NC(=NC)NCCO)C12CCCC2. The molecule has 19 heavy (non-hydrogen) atoms. The molecule has 0 aromatic rings. The molecule has 5 heteroatoms. The smallest absolute Gasteiger partial charge is 0.191 e. The molecule has 0 aliphatic heterocycles. The Morgan fingerprint density at radius 3 is 2.74 bits per heavy atom. The summed E-state index contributed by atoms with van der Waals surface area (Å²) in [6.07, 6.45) is 6.61. The van der Waals surface area contributed by atoms with Crippen molar-refractivity contribution in [3.05, 3.63) is 0 Å². The molecule has 0 radical (unpaired) electrons. The first-order valence-electron chi connectivity index (χ1n) is 7.46. The lowest BCUT2D eigenvalue weighted by Crippen LogP contribution is -2.65. The molecule has 110 valence electrons. The van der Waals surface area contributed by atoms with Gasteiger partial charge in [-0.1, -0.05) is 12.8 Å². The normalized spacial score (nSPS) is 29.3. The van der Waals surface area contributed by atoms with E-state index in [1.165, 1.54) is 25.7 Å². The summed E-state index contributed by atoms with van der Waals surface area (Å²) >= 11 is 0. The van der Waals surface area contributed by atoms with Gasteiger partial charge in [0.1, 0.15) is 0 Å². The minimum Gasteiger partial charge on any atom is -0.395 e. The maximum Gasteiger partial charge on any atom is 0.191 e. The van der Waals surface area contributed by atoms with Crippen LogP contribution in [0.5, 0.6) is 0 Å². The molecular weight excluding hydrogens is 242 g/mol. The predicted molar refractivity (Wildman–Crippen MR) is 76.3 cm³/mol. The zero-order valence-corrected chi connectivity index (χ0v) is 12.1. The minimum atomic E-state index is 0.123. The first kappa shape index (κ1) is 14.6. The maximum absolute atomic E-state index is 8.87.